The van der Waals surface area contributed by atoms with E-state index in [4.69, 9.17) is 23.2 Å². The highest BCUT2D eigenvalue weighted by molar-refractivity contribution is 7.92. The molecule has 0 aliphatic rings. The molecule has 0 saturated carbocycles. The third kappa shape index (κ3) is 3.57. The number of benzene rings is 3. The second kappa shape index (κ2) is 7.23. The van der Waals surface area contributed by atoms with Crippen LogP contribution in [-0.2, 0) is 10.0 Å². The quantitative estimate of drug-likeness (QED) is 0.447. The highest BCUT2D eigenvalue weighted by atomic mass is 35.5. The summed E-state index contributed by atoms with van der Waals surface area (Å²) in [5.74, 6) is 0. The highest BCUT2D eigenvalue weighted by Gasteiger charge is 2.29. The molecule has 1 N–H and O–H groups in total. The van der Waals surface area contributed by atoms with Crippen LogP contribution < -0.4 is 4.72 Å². The second-order valence-corrected chi connectivity index (χ2v) is 8.02. The van der Waals surface area contributed by atoms with Crippen molar-refractivity contribution in [2.75, 3.05) is 4.72 Å². The lowest BCUT2D eigenvalue weighted by Gasteiger charge is -2.13. The summed E-state index contributed by atoms with van der Waals surface area (Å²) < 4.78 is 27.7. The molecule has 3 aromatic carbocycles. The smallest absolute Gasteiger partial charge is 0.272 e. The highest BCUT2D eigenvalue weighted by Crippen LogP contribution is 2.40. The molecule has 0 atom stereocenters. The van der Waals surface area contributed by atoms with Gasteiger partial charge in [0.2, 0.25) is 0 Å². The summed E-state index contributed by atoms with van der Waals surface area (Å²) in [7, 11) is -4.39. The van der Waals surface area contributed by atoms with Gasteiger partial charge >= 0.3 is 5.69 Å². The molecule has 0 radical (unpaired) electrons. The molecule has 3 aromatic rings. The molecule has 0 spiro atoms. The average molecular weight is 442 g/mol. The van der Waals surface area contributed by atoms with E-state index in [2.05, 4.69) is 4.72 Å². The summed E-state index contributed by atoms with van der Waals surface area (Å²) >= 11 is 11.8. The van der Waals surface area contributed by atoms with Crippen LogP contribution in [0.3, 0.4) is 0 Å². The molecule has 0 aromatic heterocycles. The van der Waals surface area contributed by atoms with Gasteiger partial charge in [-0.2, -0.15) is 0 Å². The number of hydrogen-bond acceptors (Lipinski definition) is 6. The molecule has 0 aliphatic heterocycles. The molecule has 28 heavy (non-hydrogen) atoms. The van der Waals surface area contributed by atoms with Crippen LogP contribution in [0.15, 0.2) is 53.4 Å². The van der Waals surface area contributed by atoms with Gasteiger partial charge in [-0.1, -0.05) is 41.4 Å². The Hall–Kier alpha value is -2.95. The fourth-order valence-electron chi connectivity index (χ4n) is 2.62. The van der Waals surface area contributed by atoms with E-state index in [9.17, 15) is 28.6 Å². The SMILES string of the molecule is O=[N+]([O-])c1cc([N+](=O)[O-])c2ccccc2c1NS(=O)(=O)c1cc(Cl)ccc1Cl. The molecule has 3 rings (SSSR count). The van der Waals surface area contributed by atoms with Crippen molar-refractivity contribution in [3.8, 4) is 0 Å². The maximum absolute atomic E-state index is 12.8. The van der Waals surface area contributed by atoms with Crippen molar-refractivity contribution in [3.05, 3.63) is 78.8 Å². The van der Waals surface area contributed by atoms with Crippen LogP contribution in [0.25, 0.3) is 10.8 Å². The van der Waals surface area contributed by atoms with Crippen LogP contribution in [-0.4, -0.2) is 18.3 Å². The third-order valence-corrected chi connectivity index (χ3v) is 5.88. The monoisotopic (exact) mass is 441 g/mol. The maximum Gasteiger partial charge on any atom is 0.300 e. The Bertz CT molecular complexity index is 1250. The first kappa shape index (κ1) is 19.8. The number of nitro groups is 2. The van der Waals surface area contributed by atoms with E-state index < -0.39 is 41.8 Å². The van der Waals surface area contributed by atoms with Crippen molar-refractivity contribution in [2.45, 2.75) is 4.90 Å². The Labute approximate surface area is 167 Å². The zero-order valence-electron chi connectivity index (χ0n) is 13.6. The molecule has 0 heterocycles. The van der Waals surface area contributed by atoms with Gasteiger partial charge in [-0.25, -0.2) is 8.42 Å². The van der Waals surface area contributed by atoms with E-state index in [-0.39, 0.29) is 20.8 Å². The molecule has 12 heteroatoms. The summed E-state index contributed by atoms with van der Waals surface area (Å²) in [5.41, 5.74) is -1.71. The molecule has 0 unspecified atom stereocenters. The first-order chi connectivity index (χ1) is 13.1. The van der Waals surface area contributed by atoms with Crippen molar-refractivity contribution in [2.24, 2.45) is 0 Å². The number of hydrogen-bond donors (Lipinski definition) is 1. The summed E-state index contributed by atoms with van der Waals surface area (Å²) in [6.07, 6.45) is 0. The minimum absolute atomic E-state index is 0.00914. The van der Waals surface area contributed by atoms with Crippen LogP contribution in [0.2, 0.25) is 10.0 Å². The van der Waals surface area contributed by atoms with Crippen LogP contribution in [0.5, 0.6) is 0 Å². The predicted octanol–water partition coefficient (Wildman–Crippen LogP) is 4.76. The van der Waals surface area contributed by atoms with Gasteiger partial charge in [-0.15, -0.1) is 0 Å². The molecule has 144 valence electrons. The molecular weight excluding hydrogens is 433 g/mol. The summed E-state index contributed by atoms with van der Waals surface area (Å²) in [5, 5.41) is 22.8. The maximum atomic E-state index is 12.8. The van der Waals surface area contributed by atoms with Crippen molar-refractivity contribution in [1.82, 2.24) is 0 Å². The van der Waals surface area contributed by atoms with Gasteiger partial charge < -0.3 is 0 Å². The number of halogens is 2. The zero-order valence-corrected chi connectivity index (χ0v) is 16.0. The number of rotatable bonds is 5. The Morgan fingerprint density at radius 3 is 2.07 bits per heavy atom. The lowest BCUT2D eigenvalue weighted by Crippen LogP contribution is -2.15. The topological polar surface area (TPSA) is 132 Å². The number of non-ortho nitro benzene ring substituents is 1. The lowest BCUT2D eigenvalue weighted by molar-refractivity contribution is -0.392. The fourth-order valence-corrected chi connectivity index (χ4v) is 4.48. The van der Waals surface area contributed by atoms with Gasteiger partial charge in [0.25, 0.3) is 15.7 Å². The van der Waals surface area contributed by atoms with Crippen molar-refractivity contribution >= 4 is 61.1 Å². The third-order valence-electron chi connectivity index (χ3n) is 3.81. The first-order valence-corrected chi connectivity index (χ1v) is 9.68. The molecular formula is C16H9Cl2N3O6S. The van der Waals surface area contributed by atoms with Gasteiger partial charge in [0.1, 0.15) is 10.6 Å². The second-order valence-electron chi connectivity index (χ2n) is 5.53. The Morgan fingerprint density at radius 2 is 1.46 bits per heavy atom. The fraction of sp³-hybridized carbons (Fsp3) is 0. The molecule has 0 fully saturated rings. The molecule has 0 bridgehead atoms. The van der Waals surface area contributed by atoms with Gasteiger partial charge in [0, 0.05) is 10.4 Å². The van der Waals surface area contributed by atoms with E-state index in [1.807, 2.05) is 0 Å². The van der Waals surface area contributed by atoms with Crippen molar-refractivity contribution in [1.29, 1.82) is 0 Å². The van der Waals surface area contributed by atoms with Gasteiger partial charge in [-0.05, 0) is 24.3 Å². The van der Waals surface area contributed by atoms with Crippen LogP contribution in [0, 0.1) is 20.2 Å². The van der Waals surface area contributed by atoms with Gasteiger partial charge in [0.15, 0.2) is 0 Å². The van der Waals surface area contributed by atoms with Crippen LogP contribution in [0.1, 0.15) is 0 Å². The minimum Gasteiger partial charge on any atom is -0.272 e. The number of nitrogens with one attached hydrogen (secondary N) is 1. The van der Waals surface area contributed by atoms with E-state index in [0.29, 0.717) is 6.07 Å². The van der Waals surface area contributed by atoms with Crippen molar-refractivity contribution in [3.63, 3.8) is 0 Å². The summed E-state index contributed by atoms with van der Waals surface area (Å²) in [6, 6.07) is 10.1. The van der Waals surface area contributed by atoms with Gasteiger partial charge in [0.05, 0.1) is 26.3 Å². The summed E-state index contributed by atoms with van der Waals surface area (Å²) in [4.78, 5) is 20.7. The number of nitro benzene ring substituents is 2. The number of anilines is 1. The summed E-state index contributed by atoms with van der Waals surface area (Å²) in [6.45, 7) is 0. The van der Waals surface area contributed by atoms with Crippen molar-refractivity contribution < 1.29 is 18.3 Å². The van der Waals surface area contributed by atoms with E-state index in [1.54, 1.807) is 0 Å². The standard InChI is InChI=1S/C16H9Cl2N3O6S/c17-9-5-6-12(18)15(7-9)28(26,27)19-16-11-4-2-1-3-10(11)13(20(22)23)8-14(16)21(24)25/h1-8,19H. The lowest BCUT2D eigenvalue weighted by atomic mass is 10.1. The number of nitrogens with zero attached hydrogens (tertiary/aromatic N) is 2. The normalized spacial score (nSPS) is 11.4. The van der Waals surface area contributed by atoms with E-state index >= 15 is 0 Å². The molecule has 9 nitrogen and oxygen atoms in total. The average Bonchev–Trinajstić information content (AvgIpc) is 2.63. The minimum atomic E-state index is -4.39. The number of fused-ring (bicyclic) bond motifs is 1. The van der Waals surface area contributed by atoms with E-state index in [1.165, 1.54) is 36.4 Å². The Balaban J connectivity index is 2.30. The van der Waals surface area contributed by atoms with Crippen LogP contribution >= 0.6 is 23.2 Å². The van der Waals surface area contributed by atoms with Crippen LogP contribution in [0.4, 0.5) is 17.1 Å². The van der Waals surface area contributed by atoms with Gasteiger partial charge in [-0.3, -0.25) is 25.0 Å². The number of sulfonamides is 1. The Morgan fingerprint density at radius 1 is 0.857 bits per heavy atom. The Kier molecular flexibility index (Phi) is 5.11. The zero-order chi connectivity index (χ0) is 20.6. The predicted molar refractivity (Wildman–Crippen MR) is 105 cm³/mol. The molecule has 0 saturated heterocycles. The molecule has 0 amide bonds. The first-order valence-electron chi connectivity index (χ1n) is 7.44. The largest absolute Gasteiger partial charge is 0.300 e. The van der Waals surface area contributed by atoms with E-state index in [0.717, 1.165) is 6.07 Å². The molecule has 0 aliphatic carbocycles.